The Morgan fingerprint density at radius 2 is 2.29 bits per heavy atom. The quantitative estimate of drug-likeness (QED) is 0.630. The molecule has 2 aromatic rings. The molecule has 0 saturated carbocycles. The first-order valence-electron chi connectivity index (χ1n) is 6.76. The summed E-state index contributed by atoms with van der Waals surface area (Å²) in [5, 5.41) is 14.3. The lowest BCUT2D eigenvalue weighted by Gasteiger charge is -2.13. The molecule has 1 aromatic heterocycles. The van der Waals surface area contributed by atoms with Crippen LogP contribution in [0.3, 0.4) is 0 Å². The van der Waals surface area contributed by atoms with Gasteiger partial charge in [0.2, 0.25) is 5.91 Å². The minimum absolute atomic E-state index is 0.113. The Morgan fingerprint density at radius 3 is 3.00 bits per heavy atom. The van der Waals surface area contributed by atoms with Crippen molar-refractivity contribution < 1.29 is 14.7 Å². The van der Waals surface area contributed by atoms with Crippen molar-refractivity contribution >= 4 is 62.7 Å². The molecule has 1 fully saturated rings. The fraction of sp³-hybridized carbons (Fsp3) is 0.0667. The van der Waals surface area contributed by atoms with Gasteiger partial charge < -0.3 is 10.4 Å². The topological polar surface area (TPSA) is 82.5 Å². The van der Waals surface area contributed by atoms with E-state index in [-0.39, 0.29) is 24.1 Å². The third kappa shape index (κ3) is 3.81. The Labute approximate surface area is 151 Å². The molecule has 0 spiro atoms. The summed E-state index contributed by atoms with van der Waals surface area (Å²) in [6.07, 6.45) is 3.22. The van der Waals surface area contributed by atoms with Crippen molar-refractivity contribution in [2.24, 2.45) is 0 Å². The number of nitrogens with one attached hydrogen (secondary N) is 1. The molecule has 0 bridgehead atoms. The number of thiocarbonyl (C=S) groups is 1. The third-order valence-electron chi connectivity index (χ3n) is 3.02. The highest BCUT2D eigenvalue weighted by molar-refractivity contribution is 8.26. The normalized spacial score (nSPS) is 16.0. The molecular weight excluding hydrogens is 366 g/mol. The number of thiazole rings is 1. The number of aromatic nitrogens is 1. The summed E-state index contributed by atoms with van der Waals surface area (Å²) in [4.78, 5) is 30.1. The second kappa shape index (κ2) is 7.12. The van der Waals surface area contributed by atoms with E-state index in [0.717, 1.165) is 11.8 Å². The monoisotopic (exact) mass is 377 g/mol. The maximum absolute atomic E-state index is 12.4. The van der Waals surface area contributed by atoms with Crippen LogP contribution in [-0.2, 0) is 9.59 Å². The lowest BCUT2D eigenvalue weighted by molar-refractivity contribution is -0.126. The minimum atomic E-state index is -0.361. The molecule has 1 aliphatic heterocycles. The number of phenols is 1. The number of hydrogen-bond donors (Lipinski definition) is 2. The maximum Gasteiger partial charge on any atom is 0.266 e. The highest BCUT2D eigenvalue weighted by atomic mass is 32.2. The number of thioether (sulfide) groups is 1. The van der Waals surface area contributed by atoms with Crippen molar-refractivity contribution in [1.29, 1.82) is 0 Å². The molecule has 1 aliphatic rings. The molecule has 2 N–H and O–H groups in total. The highest BCUT2D eigenvalue weighted by Gasteiger charge is 2.33. The molecule has 1 saturated heterocycles. The Balaban J connectivity index is 1.71. The Kier molecular flexibility index (Phi) is 4.93. The van der Waals surface area contributed by atoms with Gasteiger partial charge in [-0.25, -0.2) is 4.98 Å². The molecular formula is C15H11N3O3S3. The van der Waals surface area contributed by atoms with E-state index in [0.29, 0.717) is 19.9 Å². The first kappa shape index (κ1) is 16.6. The zero-order valence-electron chi connectivity index (χ0n) is 12.1. The van der Waals surface area contributed by atoms with Crippen LogP contribution in [0.1, 0.15) is 5.56 Å². The molecule has 9 heteroatoms. The fourth-order valence-electron chi connectivity index (χ4n) is 1.99. The van der Waals surface area contributed by atoms with Gasteiger partial charge in [0.05, 0.1) is 4.91 Å². The van der Waals surface area contributed by atoms with Gasteiger partial charge in [0, 0.05) is 11.6 Å². The summed E-state index contributed by atoms with van der Waals surface area (Å²) >= 11 is 7.61. The van der Waals surface area contributed by atoms with Gasteiger partial charge in [0.1, 0.15) is 16.6 Å². The Morgan fingerprint density at radius 1 is 1.46 bits per heavy atom. The second-order valence-corrected chi connectivity index (χ2v) is 7.32. The van der Waals surface area contributed by atoms with Crippen LogP contribution in [0.15, 0.2) is 40.7 Å². The Hall–Kier alpha value is -2.23. The van der Waals surface area contributed by atoms with E-state index in [9.17, 15) is 14.7 Å². The van der Waals surface area contributed by atoms with Gasteiger partial charge in [-0.1, -0.05) is 36.1 Å². The smallest absolute Gasteiger partial charge is 0.266 e. The molecule has 3 rings (SSSR count). The van der Waals surface area contributed by atoms with Crippen LogP contribution in [0.5, 0.6) is 5.75 Å². The fourth-order valence-corrected chi connectivity index (χ4v) is 3.79. The van der Waals surface area contributed by atoms with Crippen LogP contribution in [-0.4, -0.2) is 37.7 Å². The summed E-state index contributed by atoms with van der Waals surface area (Å²) in [5.74, 6) is -0.579. The Bertz CT molecular complexity index is 833. The number of rotatable bonds is 4. The number of hydrogen-bond acceptors (Lipinski definition) is 7. The number of carbonyl (C=O) groups is 2. The zero-order chi connectivity index (χ0) is 17.1. The molecule has 24 heavy (non-hydrogen) atoms. The van der Waals surface area contributed by atoms with Gasteiger partial charge in [0.25, 0.3) is 5.91 Å². The van der Waals surface area contributed by atoms with E-state index >= 15 is 0 Å². The van der Waals surface area contributed by atoms with Crippen LogP contribution in [0, 0.1) is 0 Å². The summed E-state index contributed by atoms with van der Waals surface area (Å²) in [5.41, 5.74) is 0.683. The summed E-state index contributed by atoms with van der Waals surface area (Å²) in [6, 6.07) is 6.54. The van der Waals surface area contributed by atoms with E-state index in [4.69, 9.17) is 12.2 Å². The first-order valence-corrected chi connectivity index (χ1v) is 8.87. The summed E-state index contributed by atoms with van der Waals surface area (Å²) in [7, 11) is 0. The van der Waals surface area contributed by atoms with Crippen molar-refractivity contribution in [3.8, 4) is 5.75 Å². The van der Waals surface area contributed by atoms with E-state index in [1.807, 2.05) is 0 Å². The average Bonchev–Trinajstić information content (AvgIpc) is 3.12. The van der Waals surface area contributed by atoms with E-state index in [2.05, 4.69) is 10.3 Å². The van der Waals surface area contributed by atoms with Crippen LogP contribution >= 0.6 is 35.3 Å². The van der Waals surface area contributed by atoms with Gasteiger partial charge in [-0.2, -0.15) is 0 Å². The summed E-state index contributed by atoms with van der Waals surface area (Å²) in [6.45, 7) is -0.165. The van der Waals surface area contributed by atoms with E-state index in [1.54, 1.807) is 41.9 Å². The first-order chi connectivity index (χ1) is 11.5. The molecule has 6 nitrogen and oxygen atoms in total. The van der Waals surface area contributed by atoms with Crippen LogP contribution in [0.25, 0.3) is 6.08 Å². The number of nitrogens with zero attached hydrogens (tertiary/aromatic N) is 2. The second-order valence-electron chi connectivity index (χ2n) is 4.75. The minimum Gasteiger partial charge on any atom is -0.508 e. The highest BCUT2D eigenvalue weighted by Crippen LogP contribution is 2.32. The number of phenolic OH excluding ortho intramolecular Hbond substituents is 1. The van der Waals surface area contributed by atoms with Crippen LogP contribution in [0.4, 0.5) is 5.13 Å². The SMILES string of the molecule is O=C(CN1C(=O)/C(=C/c2cccc(O)c2)SC1=S)Nc1nccs1. The molecule has 0 radical (unpaired) electrons. The molecule has 1 aromatic carbocycles. The van der Waals surface area contributed by atoms with E-state index in [1.165, 1.54) is 16.2 Å². The molecule has 0 unspecified atom stereocenters. The van der Waals surface area contributed by atoms with Gasteiger partial charge in [-0.15, -0.1) is 11.3 Å². The van der Waals surface area contributed by atoms with Crippen molar-refractivity contribution in [2.45, 2.75) is 0 Å². The predicted molar refractivity (Wildman–Crippen MR) is 98.7 cm³/mol. The number of aromatic hydroxyl groups is 1. The zero-order valence-corrected chi connectivity index (χ0v) is 14.6. The van der Waals surface area contributed by atoms with Crippen molar-refractivity contribution in [1.82, 2.24) is 9.88 Å². The van der Waals surface area contributed by atoms with Gasteiger partial charge >= 0.3 is 0 Å². The number of amides is 2. The maximum atomic E-state index is 12.4. The lowest BCUT2D eigenvalue weighted by atomic mass is 10.2. The van der Waals surface area contributed by atoms with Crippen molar-refractivity contribution in [3.63, 3.8) is 0 Å². The van der Waals surface area contributed by atoms with Crippen LogP contribution in [0.2, 0.25) is 0 Å². The standard InChI is InChI=1S/C15H11N3O3S3/c19-10-3-1-2-9(6-10)7-11-13(21)18(15(22)24-11)8-12(20)17-14-16-4-5-23-14/h1-7,19H,8H2,(H,16,17,20)/b11-7-. The third-order valence-corrected chi connectivity index (χ3v) is 5.09. The van der Waals surface area contributed by atoms with E-state index < -0.39 is 0 Å². The number of anilines is 1. The lowest BCUT2D eigenvalue weighted by Crippen LogP contribution is -2.36. The predicted octanol–water partition coefficient (Wildman–Crippen LogP) is 2.69. The van der Waals surface area contributed by atoms with Crippen LogP contribution < -0.4 is 5.32 Å². The molecule has 0 aliphatic carbocycles. The number of benzene rings is 1. The molecule has 2 heterocycles. The van der Waals surface area contributed by atoms with Gasteiger partial charge in [-0.3, -0.25) is 14.5 Å². The average molecular weight is 377 g/mol. The van der Waals surface area contributed by atoms with Crippen molar-refractivity contribution in [2.75, 3.05) is 11.9 Å². The summed E-state index contributed by atoms with van der Waals surface area (Å²) < 4.78 is 0.320. The van der Waals surface area contributed by atoms with Gasteiger partial charge in [-0.05, 0) is 23.8 Å². The largest absolute Gasteiger partial charge is 0.508 e. The van der Waals surface area contributed by atoms with Gasteiger partial charge in [0.15, 0.2) is 5.13 Å². The molecule has 2 amide bonds. The number of carbonyl (C=O) groups excluding carboxylic acids is 2. The van der Waals surface area contributed by atoms with Crippen molar-refractivity contribution in [3.05, 3.63) is 46.3 Å². The molecule has 122 valence electrons. The molecule has 0 atom stereocenters.